The molecule has 2 saturated heterocycles. The maximum Gasteiger partial charge on any atom is 0.403 e. The van der Waals surface area contributed by atoms with Gasteiger partial charge in [0.1, 0.15) is 17.7 Å². The van der Waals surface area contributed by atoms with Gasteiger partial charge < -0.3 is 25.1 Å². The van der Waals surface area contributed by atoms with Gasteiger partial charge in [-0.15, -0.1) is 0 Å². The van der Waals surface area contributed by atoms with Crippen LogP contribution < -0.4 is 15.1 Å². The molecule has 3 aliphatic heterocycles. The molecule has 220 valence electrons. The average molecular weight is 570 g/mol. The van der Waals surface area contributed by atoms with Crippen LogP contribution >= 0.6 is 0 Å². The first-order valence-electron chi connectivity index (χ1n) is 14.5. The Bertz CT molecular complexity index is 1430. The lowest BCUT2D eigenvalue weighted by Gasteiger charge is -2.38. The number of alkyl halides is 3. The van der Waals surface area contributed by atoms with Crippen LogP contribution in [0.5, 0.6) is 0 Å². The number of halogens is 3. The van der Waals surface area contributed by atoms with Gasteiger partial charge in [0.05, 0.1) is 17.8 Å². The summed E-state index contributed by atoms with van der Waals surface area (Å²) < 4.78 is 44.2. The second kappa shape index (κ2) is 10.8. The Morgan fingerprint density at radius 3 is 2.63 bits per heavy atom. The van der Waals surface area contributed by atoms with E-state index in [4.69, 9.17) is 10.1 Å². The first-order chi connectivity index (χ1) is 19.6. The number of nitrogens with one attached hydrogen (secondary N) is 1. The normalized spacial score (nSPS) is 23.1. The molecule has 0 aliphatic carbocycles. The third-order valence-electron chi connectivity index (χ3n) is 8.69. The van der Waals surface area contributed by atoms with E-state index in [2.05, 4.69) is 22.9 Å². The van der Waals surface area contributed by atoms with Crippen LogP contribution in [0, 0.1) is 6.92 Å². The highest BCUT2D eigenvalue weighted by Crippen LogP contribution is 2.38. The van der Waals surface area contributed by atoms with Gasteiger partial charge in [0.2, 0.25) is 0 Å². The third-order valence-corrected chi connectivity index (χ3v) is 8.69. The second-order valence-electron chi connectivity index (χ2n) is 11.7. The summed E-state index contributed by atoms with van der Waals surface area (Å²) in [6.45, 7) is 8.80. The van der Waals surface area contributed by atoms with Crippen molar-refractivity contribution in [2.75, 3.05) is 49.6 Å². The lowest BCUT2D eigenvalue weighted by atomic mass is 9.93. The van der Waals surface area contributed by atoms with Gasteiger partial charge in [0.25, 0.3) is 0 Å². The summed E-state index contributed by atoms with van der Waals surface area (Å²) in [6, 6.07) is 8.27. The van der Waals surface area contributed by atoms with Crippen LogP contribution in [0.1, 0.15) is 54.1 Å². The zero-order valence-corrected chi connectivity index (χ0v) is 23.7. The number of aromatic nitrogens is 3. The number of rotatable bonds is 1. The highest BCUT2D eigenvalue weighted by Gasteiger charge is 2.39. The Morgan fingerprint density at radius 2 is 1.88 bits per heavy atom. The highest BCUT2D eigenvalue weighted by atomic mass is 19.4. The molecule has 0 spiro atoms. The van der Waals surface area contributed by atoms with Crippen molar-refractivity contribution < 1.29 is 18.3 Å². The van der Waals surface area contributed by atoms with E-state index in [0.29, 0.717) is 31.7 Å². The number of β-amino-alcohol motifs (C(OH)–C–C–N with tert-alkyl or cyclic N) is 1. The Morgan fingerprint density at radius 1 is 1.07 bits per heavy atom. The molecule has 3 aromatic rings. The molecule has 5 heterocycles. The second-order valence-corrected chi connectivity index (χ2v) is 11.7. The molecule has 1 aromatic carbocycles. The van der Waals surface area contributed by atoms with Crippen molar-refractivity contribution in [3.05, 3.63) is 59.3 Å². The molecular formula is C30H38F3N7O. The Balaban J connectivity index is 1.46. The molecule has 0 radical (unpaired) electrons. The molecule has 3 aliphatic rings. The van der Waals surface area contributed by atoms with Crippen LogP contribution in [0.2, 0.25) is 0 Å². The Hall–Kier alpha value is -3.31. The van der Waals surface area contributed by atoms with Crippen LogP contribution in [-0.4, -0.2) is 82.7 Å². The Kier molecular flexibility index (Phi) is 7.35. The molecule has 2 bridgehead atoms. The van der Waals surface area contributed by atoms with Crippen LogP contribution in [0.4, 0.5) is 24.8 Å². The maximum absolute atomic E-state index is 14.1. The summed E-state index contributed by atoms with van der Waals surface area (Å²) in [6.07, 6.45) is -1.54. The number of likely N-dealkylation sites (N-methyl/N-ethyl adjacent to an activating group) is 1. The van der Waals surface area contributed by atoms with Crippen molar-refractivity contribution >= 4 is 23.0 Å². The number of benzene rings is 1. The summed E-state index contributed by atoms with van der Waals surface area (Å²) in [5.74, 6) is 1.47. The lowest BCUT2D eigenvalue weighted by molar-refractivity contribution is -0.156. The summed E-state index contributed by atoms with van der Waals surface area (Å²) in [5.41, 5.74) is 5.25. The fourth-order valence-corrected chi connectivity index (χ4v) is 6.30. The first-order valence-corrected chi connectivity index (χ1v) is 14.5. The molecule has 2 aromatic heterocycles. The van der Waals surface area contributed by atoms with Crippen LogP contribution in [0.3, 0.4) is 0 Å². The van der Waals surface area contributed by atoms with Crippen molar-refractivity contribution in [1.29, 1.82) is 0 Å². The monoisotopic (exact) mass is 569 g/mol. The summed E-state index contributed by atoms with van der Waals surface area (Å²) >= 11 is 0. The van der Waals surface area contributed by atoms with Gasteiger partial charge in [0, 0.05) is 63.2 Å². The smallest absolute Gasteiger partial charge is 0.389 e. The molecule has 2 atom stereocenters. The average Bonchev–Trinajstić information content (AvgIpc) is 3.35. The molecule has 6 rings (SSSR count). The fourth-order valence-electron chi connectivity index (χ4n) is 6.30. The zero-order chi connectivity index (χ0) is 28.9. The number of nitrogens with zero attached hydrogens (tertiary/aromatic N) is 6. The molecule has 8 nitrogen and oxygen atoms in total. The van der Waals surface area contributed by atoms with Crippen LogP contribution in [-0.2, 0) is 6.42 Å². The lowest BCUT2D eigenvalue weighted by Crippen LogP contribution is -2.51. The van der Waals surface area contributed by atoms with Crippen molar-refractivity contribution in [2.24, 2.45) is 0 Å². The zero-order valence-electron chi connectivity index (χ0n) is 23.7. The van der Waals surface area contributed by atoms with Gasteiger partial charge in [-0.25, -0.2) is 4.98 Å². The van der Waals surface area contributed by atoms with Gasteiger partial charge in [-0.3, -0.25) is 0 Å². The van der Waals surface area contributed by atoms with E-state index in [9.17, 15) is 18.3 Å². The first kappa shape index (κ1) is 27.8. The van der Waals surface area contributed by atoms with Crippen molar-refractivity contribution in [3.8, 4) is 0 Å². The molecule has 2 unspecified atom stereocenters. The van der Waals surface area contributed by atoms with Gasteiger partial charge in [0.15, 0.2) is 5.65 Å². The largest absolute Gasteiger partial charge is 0.403 e. The van der Waals surface area contributed by atoms with Crippen LogP contribution in [0.25, 0.3) is 11.3 Å². The van der Waals surface area contributed by atoms with Gasteiger partial charge in [-0.1, -0.05) is 24.3 Å². The summed E-state index contributed by atoms with van der Waals surface area (Å²) in [4.78, 5) is 11.1. The minimum Gasteiger partial charge on any atom is -0.389 e. The van der Waals surface area contributed by atoms with Crippen molar-refractivity contribution in [1.82, 2.24) is 24.8 Å². The number of hydrogen-bond acceptors (Lipinski definition) is 7. The van der Waals surface area contributed by atoms with Gasteiger partial charge >= 0.3 is 6.18 Å². The quantitative estimate of drug-likeness (QED) is 0.453. The molecule has 0 saturated carbocycles. The van der Waals surface area contributed by atoms with Crippen LogP contribution in [0.15, 0.2) is 36.9 Å². The Labute approximate surface area is 238 Å². The van der Waals surface area contributed by atoms with E-state index in [1.807, 2.05) is 48.0 Å². The molecule has 2 fully saturated rings. The van der Waals surface area contributed by atoms with E-state index in [1.54, 1.807) is 4.52 Å². The number of aliphatic hydroxyl groups is 1. The predicted molar refractivity (Wildman–Crippen MR) is 154 cm³/mol. The van der Waals surface area contributed by atoms with Crippen molar-refractivity contribution in [3.63, 3.8) is 0 Å². The van der Waals surface area contributed by atoms with E-state index in [-0.39, 0.29) is 25.1 Å². The van der Waals surface area contributed by atoms with E-state index < -0.39 is 12.2 Å². The predicted octanol–water partition coefficient (Wildman–Crippen LogP) is 4.32. The molecule has 11 heteroatoms. The van der Waals surface area contributed by atoms with E-state index >= 15 is 0 Å². The number of aryl methyl sites for hydroxylation is 2. The minimum atomic E-state index is -4.36. The van der Waals surface area contributed by atoms with Gasteiger partial charge in [-0.05, 0) is 50.7 Å². The topological polar surface area (TPSA) is 72.2 Å². The standard InChI is InChI=1S/C30H38F3N7O/c1-19-7-8-21-9-10-26(30(31,32)33)34-11-13-37(3)29-16-27(38-17-22(41)18-38)35-28-15-24(36-40(28)29)25-6-4-5-12-39(25)20(2)23(21)14-19/h7-8,14-16,22,25-26,34,41H,2,4-6,9-13,17-18H2,1,3H3. The van der Waals surface area contributed by atoms with Gasteiger partial charge in [-0.2, -0.15) is 22.8 Å². The number of hydrogen-bond donors (Lipinski definition) is 2. The highest BCUT2D eigenvalue weighted by molar-refractivity contribution is 5.67. The third kappa shape index (κ3) is 5.49. The van der Waals surface area contributed by atoms with Crippen molar-refractivity contribution in [2.45, 2.75) is 63.4 Å². The van der Waals surface area contributed by atoms with E-state index in [0.717, 1.165) is 65.5 Å². The molecule has 0 amide bonds. The summed E-state index contributed by atoms with van der Waals surface area (Å²) in [5, 5.41) is 17.7. The maximum atomic E-state index is 14.1. The molecule has 2 N–H and O–H groups in total. The molecule has 41 heavy (non-hydrogen) atoms. The number of piperidine rings is 1. The molecular weight excluding hydrogens is 531 g/mol. The minimum absolute atomic E-state index is 0.0174. The number of fused-ring (bicyclic) bond motifs is 4. The fraction of sp³-hybridized carbons (Fsp3) is 0.533. The SMILES string of the molecule is C=C1c2cc(C)ccc2CCC(C(F)(F)F)NCCN(C)c2cc(N3CC(O)C3)nc3cc(nn23)C2CCCCN12. The summed E-state index contributed by atoms with van der Waals surface area (Å²) in [7, 11) is 1.87. The number of aliphatic hydroxyl groups excluding tert-OH is 1. The van der Waals surface area contributed by atoms with E-state index in [1.165, 1.54) is 0 Å². The number of anilines is 2.